The molecule has 1 aromatic carbocycles. The van der Waals surface area contributed by atoms with Crippen molar-refractivity contribution < 1.29 is 14.6 Å². The van der Waals surface area contributed by atoms with E-state index in [1.165, 1.54) is 0 Å². The molecule has 5 nitrogen and oxygen atoms in total. The van der Waals surface area contributed by atoms with Crippen molar-refractivity contribution in [2.24, 2.45) is 7.05 Å². The van der Waals surface area contributed by atoms with Crippen LogP contribution in [0.3, 0.4) is 0 Å². The summed E-state index contributed by atoms with van der Waals surface area (Å²) in [5, 5.41) is 13.3. The first kappa shape index (κ1) is 12.7. The molecule has 5 heteroatoms. The Morgan fingerprint density at radius 1 is 1.45 bits per heavy atom. The number of hydrogen-bond acceptors (Lipinski definition) is 3. The van der Waals surface area contributed by atoms with E-state index in [-0.39, 0.29) is 12.3 Å². The predicted molar refractivity (Wildman–Crippen MR) is 74.0 cm³/mol. The quantitative estimate of drug-likeness (QED) is 0.913. The third-order valence-electron chi connectivity index (χ3n) is 3.63. The number of rotatable bonds is 2. The van der Waals surface area contributed by atoms with Crippen LogP contribution in [0.2, 0.25) is 0 Å². The van der Waals surface area contributed by atoms with Crippen molar-refractivity contribution in [3.8, 4) is 17.0 Å². The summed E-state index contributed by atoms with van der Waals surface area (Å²) in [5.74, 6) is 0.169. The van der Waals surface area contributed by atoms with Crippen LogP contribution in [0.1, 0.15) is 41.4 Å². The number of aryl methyl sites for hydroxylation is 1. The van der Waals surface area contributed by atoms with Gasteiger partial charge in [0.2, 0.25) is 0 Å². The third-order valence-corrected chi connectivity index (χ3v) is 3.63. The van der Waals surface area contributed by atoms with Gasteiger partial charge in [0.25, 0.3) is 0 Å². The van der Waals surface area contributed by atoms with Crippen molar-refractivity contribution in [3.63, 3.8) is 0 Å². The topological polar surface area (TPSA) is 64.3 Å². The number of nitrogens with zero attached hydrogens (tertiary/aromatic N) is 2. The third kappa shape index (κ3) is 1.70. The van der Waals surface area contributed by atoms with E-state index >= 15 is 0 Å². The first-order chi connectivity index (χ1) is 9.50. The van der Waals surface area contributed by atoms with Crippen LogP contribution in [-0.4, -0.2) is 20.9 Å². The highest BCUT2D eigenvalue weighted by atomic mass is 16.5. The Bertz CT molecular complexity index is 701. The first-order valence-electron chi connectivity index (χ1n) is 6.56. The van der Waals surface area contributed by atoms with Crippen molar-refractivity contribution in [1.82, 2.24) is 9.78 Å². The molecular formula is C15H16N2O3. The summed E-state index contributed by atoms with van der Waals surface area (Å²) >= 11 is 0. The molecule has 1 aromatic heterocycles. The van der Waals surface area contributed by atoms with Crippen molar-refractivity contribution in [3.05, 3.63) is 35.0 Å². The Hall–Kier alpha value is -2.30. The number of aromatic carboxylic acids is 1. The second-order valence-corrected chi connectivity index (χ2v) is 5.27. The van der Waals surface area contributed by atoms with Crippen LogP contribution >= 0.6 is 0 Å². The average molecular weight is 272 g/mol. The smallest absolute Gasteiger partial charge is 0.356 e. The predicted octanol–water partition coefficient (Wildman–Crippen LogP) is 2.80. The molecular weight excluding hydrogens is 256 g/mol. The molecule has 1 aliphatic heterocycles. The zero-order chi connectivity index (χ0) is 14.4. The van der Waals surface area contributed by atoms with Crippen molar-refractivity contribution in [2.75, 3.05) is 0 Å². The summed E-state index contributed by atoms with van der Waals surface area (Å²) < 4.78 is 7.46. The van der Waals surface area contributed by atoms with Crippen LogP contribution in [0, 0.1) is 0 Å². The van der Waals surface area contributed by atoms with Crippen LogP contribution < -0.4 is 4.74 Å². The largest absolute Gasteiger partial charge is 0.488 e. The number of para-hydroxylation sites is 1. The van der Waals surface area contributed by atoms with Crippen LogP contribution in [0.5, 0.6) is 5.75 Å². The van der Waals surface area contributed by atoms with Crippen molar-refractivity contribution in [1.29, 1.82) is 0 Å². The molecule has 1 aliphatic rings. The number of benzene rings is 1. The lowest BCUT2D eigenvalue weighted by Crippen LogP contribution is -2.11. The summed E-state index contributed by atoms with van der Waals surface area (Å²) in [7, 11) is 1.77. The van der Waals surface area contributed by atoms with Gasteiger partial charge in [0.15, 0.2) is 5.69 Å². The molecule has 0 atom stereocenters. The van der Waals surface area contributed by atoms with E-state index in [9.17, 15) is 9.90 Å². The van der Waals surface area contributed by atoms with E-state index in [4.69, 9.17) is 4.74 Å². The highest BCUT2D eigenvalue weighted by Gasteiger charge is 2.29. The van der Waals surface area contributed by atoms with Gasteiger partial charge in [0, 0.05) is 12.6 Å². The number of ether oxygens (including phenoxy) is 1. The highest BCUT2D eigenvalue weighted by Crippen LogP contribution is 2.42. The Kier molecular flexibility index (Phi) is 2.78. The standard InChI is InChI=1S/C15H16N2O3/c1-8(2)9-5-4-6-10-13-11(7-20-14(9)10)12(15(18)19)16-17(13)3/h4-6,8H,7H2,1-3H3,(H,18,19). The van der Waals surface area contributed by atoms with Crippen molar-refractivity contribution >= 4 is 5.97 Å². The SMILES string of the molecule is CC(C)c1cccc2c1OCc1c(C(=O)O)nn(C)c1-2. The van der Waals surface area contributed by atoms with Gasteiger partial charge in [-0.05, 0) is 17.5 Å². The maximum atomic E-state index is 11.2. The lowest BCUT2D eigenvalue weighted by molar-refractivity contribution is 0.0686. The molecule has 0 amide bonds. The first-order valence-corrected chi connectivity index (χ1v) is 6.56. The zero-order valence-corrected chi connectivity index (χ0v) is 11.7. The molecule has 104 valence electrons. The maximum Gasteiger partial charge on any atom is 0.356 e. The minimum Gasteiger partial charge on any atom is -0.488 e. The molecule has 0 aliphatic carbocycles. The van der Waals surface area contributed by atoms with Crippen LogP contribution in [0.25, 0.3) is 11.3 Å². The van der Waals surface area contributed by atoms with Gasteiger partial charge in [-0.3, -0.25) is 4.68 Å². The second kappa shape index (κ2) is 4.37. The number of carbonyl (C=O) groups is 1. The van der Waals surface area contributed by atoms with E-state index in [1.54, 1.807) is 11.7 Å². The minimum atomic E-state index is -1.02. The normalized spacial score (nSPS) is 12.8. The van der Waals surface area contributed by atoms with Crippen LogP contribution in [0.4, 0.5) is 0 Å². The van der Waals surface area contributed by atoms with E-state index < -0.39 is 5.97 Å². The summed E-state index contributed by atoms with van der Waals surface area (Å²) in [4.78, 5) is 11.2. The lowest BCUT2D eigenvalue weighted by atomic mass is 9.94. The van der Waals surface area contributed by atoms with E-state index in [1.807, 2.05) is 18.2 Å². The maximum absolute atomic E-state index is 11.2. The summed E-state index contributed by atoms with van der Waals surface area (Å²) in [5.41, 5.74) is 3.61. The molecule has 0 spiro atoms. The van der Waals surface area contributed by atoms with E-state index in [0.717, 1.165) is 22.6 Å². The van der Waals surface area contributed by atoms with Gasteiger partial charge in [0.05, 0.1) is 11.3 Å². The lowest BCUT2D eigenvalue weighted by Gasteiger charge is -2.22. The summed E-state index contributed by atoms with van der Waals surface area (Å²) in [6, 6.07) is 5.97. The molecule has 0 bridgehead atoms. The van der Waals surface area contributed by atoms with Crippen molar-refractivity contribution in [2.45, 2.75) is 26.4 Å². The number of carboxylic acids is 1. The van der Waals surface area contributed by atoms with E-state index in [2.05, 4.69) is 18.9 Å². The second-order valence-electron chi connectivity index (χ2n) is 5.27. The fourth-order valence-corrected chi connectivity index (χ4v) is 2.71. The van der Waals surface area contributed by atoms with Gasteiger partial charge >= 0.3 is 5.97 Å². The van der Waals surface area contributed by atoms with Crippen LogP contribution in [-0.2, 0) is 13.7 Å². The zero-order valence-electron chi connectivity index (χ0n) is 11.7. The molecule has 2 heterocycles. The van der Waals surface area contributed by atoms with Gasteiger partial charge in [-0.1, -0.05) is 26.0 Å². The molecule has 0 radical (unpaired) electrons. The molecule has 1 N–H and O–H groups in total. The molecule has 20 heavy (non-hydrogen) atoms. The molecule has 0 unspecified atom stereocenters. The molecule has 2 aromatic rings. The average Bonchev–Trinajstić information content (AvgIpc) is 2.76. The minimum absolute atomic E-state index is 0.0723. The fraction of sp³-hybridized carbons (Fsp3) is 0.333. The van der Waals surface area contributed by atoms with Gasteiger partial charge < -0.3 is 9.84 Å². The van der Waals surface area contributed by atoms with Gasteiger partial charge in [-0.2, -0.15) is 5.10 Å². The van der Waals surface area contributed by atoms with Gasteiger partial charge in [-0.15, -0.1) is 0 Å². The number of carboxylic acid groups (broad SMARTS) is 1. The monoisotopic (exact) mass is 272 g/mol. The number of fused-ring (bicyclic) bond motifs is 3. The van der Waals surface area contributed by atoms with Gasteiger partial charge in [0.1, 0.15) is 12.4 Å². The Labute approximate surface area is 116 Å². The number of hydrogen-bond donors (Lipinski definition) is 1. The Balaban J connectivity index is 2.27. The highest BCUT2D eigenvalue weighted by molar-refractivity contribution is 5.91. The fourth-order valence-electron chi connectivity index (χ4n) is 2.71. The van der Waals surface area contributed by atoms with Gasteiger partial charge in [-0.25, -0.2) is 4.79 Å². The molecule has 3 rings (SSSR count). The molecule has 0 saturated heterocycles. The van der Waals surface area contributed by atoms with E-state index in [0.29, 0.717) is 11.5 Å². The Morgan fingerprint density at radius 3 is 2.85 bits per heavy atom. The van der Waals surface area contributed by atoms with Crippen LogP contribution in [0.15, 0.2) is 18.2 Å². The molecule has 0 saturated carbocycles. The summed E-state index contributed by atoms with van der Waals surface area (Å²) in [6.07, 6.45) is 0. The Morgan fingerprint density at radius 2 is 2.20 bits per heavy atom. The summed E-state index contributed by atoms with van der Waals surface area (Å²) in [6.45, 7) is 4.47. The molecule has 0 fully saturated rings. The number of aromatic nitrogens is 2.